The van der Waals surface area contributed by atoms with Gasteiger partial charge < -0.3 is 5.73 Å². The molecule has 1 aliphatic heterocycles. The van der Waals surface area contributed by atoms with E-state index in [1.165, 1.54) is 0 Å². The van der Waals surface area contributed by atoms with Gasteiger partial charge in [-0.25, -0.2) is 8.42 Å². The third kappa shape index (κ3) is 2.83. The minimum atomic E-state index is -3.41. The SMILES string of the molecule is Cc1cc(N)cc(C)c1S(=O)(=O)N1CCC(C)(C)CC1. The lowest BCUT2D eigenvalue weighted by Gasteiger charge is -2.36. The van der Waals surface area contributed by atoms with Gasteiger partial charge in [-0.05, 0) is 55.4 Å². The van der Waals surface area contributed by atoms with Crippen LogP contribution in [0.5, 0.6) is 0 Å². The molecule has 0 saturated carbocycles. The van der Waals surface area contributed by atoms with E-state index in [2.05, 4.69) is 13.8 Å². The van der Waals surface area contributed by atoms with Crippen molar-refractivity contribution in [1.82, 2.24) is 4.31 Å². The molecule has 1 saturated heterocycles. The first kappa shape index (κ1) is 15.3. The van der Waals surface area contributed by atoms with Crippen molar-refractivity contribution in [3.8, 4) is 0 Å². The van der Waals surface area contributed by atoms with E-state index in [-0.39, 0.29) is 5.41 Å². The van der Waals surface area contributed by atoms with Crippen LogP contribution < -0.4 is 5.73 Å². The molecule has 112 valence electrons. The number of nitrogens with two attached hydrogens (primary N) is 1. The average molecular weight is 296 g/mol. The summed E-state index contributed by atoms with van der Waals surface area (Å²) < 4.78 is 27.3. The summed E-state index contributed by atoms with van der Waals surface area (Å²) in [6, 6.07) is 3.46. The lowest BCUT2D eigenvalue weighted by Crippen LogP contribution is -2.41. The first-order chi connectivity index (χ1) is 9.13. The van der Waals surface area contributed by atoms with Crippen LogP contribution in [0.2, 0.25) is 0 Å². The van der Waals surface area contributed by atoms with Gasteiger partial charge in [0, 0.05) is 18.8 Å². The van der Waals surface area contributed by atoms with Gasteiger partial charge in [-0.15, -0.1) is 0 Å². The minimum absolute atomic E-state index is 0.233. The Hall–Kier alpha value is -1.07. The van der Waals surface area contributed by atoms with E-state index in [4.69, 9.17) is 5.73 Å². The quantitative estimate of drug-likeness (QED) is 0.853. The lowest BCUT2D eigenvalue weighted by molar-refractivity contribution is 0.196. The molecule has 0 unspecified atom stereocenters. The fourth-order valence-electron chi connectivity index (χ4n) is 2.85. The van der Waals surface area contributed by atoms with Crippen LogP contribution in [0.4, 0.5) is 5.69 Å². The summed E-state index contributed by atoms with van der Waals surface area (Å²) in [5.74, 6) is 0. The number of piperidine rings is 1. The molecule has 1 fully saturated rings. The van der Waals surface area contributed by atoms with Crippen molar-refractivity contribution >= 4 is 15.7 Å². The van der Waals surface area contributed by atoms with Gasteiger partial charge in [0.2, 0.25) is 10.0 Å². The van der Waals surface area contributed by atoms with Crippen LogP contribution in [-0.4, -0.2) is 25.8 Å². The zero-order chi connectivity index (χ0) is 15.1. The molecule has 2 rings (SSSR count). The second-order valence-corrected chi connectivity index (χ2v) is 8.43. The number of hydrogen-bond acceptors (Lipinski definition) is 3. The van der Waals surface area contributed by atoms with E-state index in [0.717, 1.165) is 24.0 Å². The van der Waals surface area contributed by atoms with Crippen molar-refractivity contribution in [3.63, 3.8) is 0 Å². The second kappa shape index (κ2) is 5.04. The molecule has 0 aromatic heterocycles. The monoisotopic (exact) mass is 296 g/mol. The van der Waals surface area contributed by atoms with Gasteiger partial charge in [-0.1, -0.05) is 13.8 Å². The van der Waals surface area contributed by atoms with Crippen molar-refractivity contribution < 1.29 is 8.42 Å². The van der Waals surface area contributed by atoms with Crippen LogP contribution in [0, 0.1) is 19.3 Å². The molecule has 0 atom stereocenters. The Balaban J connectivity index is 2.37. The molecule has 20 heavy (non-hydrogen) atoms. The van der Waals surface area contributed by atoms with Crippen molar-refractivity contribution in [2.75, 3.05) is 18.8 Å². The maximum Gasteiger partial charge on any atom is 0.243 e. The van der Waals surface area contributed by atoms with E-state index in [0.29, 0.717) is 23.7 Å². The zero-order valence-corrected chi connectivity index (χ0v) is 13.5. The van der Waals surface area contributed by atoms with Crippen molar-refractivity contribution in [3.05, 3.63) is 23.3 Å². The molecule has 0 bridgehead atoms. The van der Waals surface area contributed by atoms with Crippen LogP contribution in [0.25, 0.3) is 0 Å². The smallest absolute Gasteiger partial charge is 0.243 e. The van der Waals surface area contributed by atoms with Crippen LogP contribution in [0.1, 0.15) is 37.8 Å². The Bertz CT molecular complexity index is 588. The summed E-state index contributed by atoms with van der Waals surface area (Å²) in [5, 5.41) is 0. The molecule has 0 amide bonds. The molecular weight excluding hydrogens is 272 g/mol. The first-order valence-electron chi connectivity index (χ1n) is 7.00. The summed E-state index contributed by atoms with van der Waals surface area (Å²) >= 11 is 0. The largest absolute Gasteiger partial charge is 0.399 e. The predicted molar refractivity (Wildman–Crippen MR) is 82.1 cm³/mol. The number of aryl methyl sites for hydroxylation is 2. The molecule has 2 N–H and O–H groups in total. The molecule has 0 aliphatic carbocycles. The van der Waals surface area contributed by atoms with Gasteiger partial charge in [0.25, 0.3) is 0 Å². The molecule has 1 aromatic carbocycles. The molecule has 0 radical (unpaired) electrons. The van der Waals surface area contributed by atoms with Crippen molar-refractivity contribution in [1.29, 1.82) is 0 Å². The highest BCUT2D eigenvalue weighted by Crippen LogP contribution is 2.34. The van der Waals surface area contributed by atoms with Gasteiger partial charge in [0.15, 0.2) is 0 Å². The standard InChI is InChI=1S/C15H24N2O2S/c1-11-9-13(16)10-12(2)14(11)20(18,19)17-7-5-15(3,4)6-8-17/h9-10H,5-8,16H2,1-4H3. The average Bonchev–Trinajstić information content (AvgIpc) is 2.26. The number of nitrogen functional groups attached to an aromatic ring is 1. The lowest BCUT2D eigenvalue weighted by atomic mass is 9.83. The Kier molecular flexibility index (Phi) is 3.86. The van der Waals surface area contributed by atoms with E-state index >= 15 is 0 Å². The molecule has 0 spiro atoms. The number of sulfonamides is 1. The van der Waals surface area contributed by atoms with Crippen LogP contribution >= 0.6 is 0 Å². The molecule has 5 heteroatoms. The Morgan fingerprint density at radius 3 is 2.00 bits per heavy atom. The number of anilines is 1. The Morgan fingerprint density at radius 2 is 1.55 bits per heavy atom. The summed E-state index contributed by atoms with van der Waals surface area (Å²) in [4.78, 5) is 0.423. The summed E-state index contributed by atoms with van der Waals surface area (Å²) in [5.41, 5.74) is 8.08. The number of rotatable bonds is 2. The van der Waals surface area contributed by atoms with Crippen LogP contribution in [0.3, 0.4) is 0 Å². The summed E-state index contributed by atoms with van der Waals surface area (Å²) in [6.45, 7) is 9.19. The highest BCUT2D eigenvalue weighted by molar-refractivity contribution is 7.89. The van der Waals surface area contributed by atoms with E-state index in [1.807, 2.05) is 13.8 Å². The highest BCUT2D eigenvalue weighted by atomic mass is 32.2. The third-order valence-electron chi connectivity index (χ3n) is 4.16. The zero-order valence-electron chi connectivity index (χ0n) is 12.7. The molecule has 1 aliphatic rings. The van der Waals surface area contributed by atoms with Gasteiger partial charge in [0.05, 0.1) is 4.90 Å². The van der Waals surface area contributed by atoms with Gasteiger partial charge in [0.1, 0.15) is 0 Å². The maximum atomic E-state index is 12.8. The second-order valence-electron chi connectivity index (χ2n) is 6.55. The first-order valence-corrected chi connectivity index (χ1v) is 8.44. The van der Waals surface area contributed by atoms with Gasteiger partial charge in [-0.2, -0.15) is 4.31 Å². The summed E-state index contributed by atoms with van der Waals surface area (Å²) in [6.07, 6.45) is 1.80. The van der Waals surface area contributed by atoms with Gasteiger partial charge >= 0.3 is 0 Å². The van der Waals surface area contributed by atoms with Crippen LogP contribution in [0.15, 0.2) is 17.0 Å². The normalized spacial score (nSPS) is 20.0. The molecule has 4 nitrogen and oxygen atoms in total. The number of benzene rings is 1. The van der Waals surface area contributed by atoms with Crippen molar-refractivity contribution in [2.24, 2.45) is 5.41 Å². The minimum Gasteiger partial charge on any atom is -0.399 e. The summed E-state index contributed by atoms with van der Waals surface area (Å²) in [7, 11) is -3.41. The number of nitrogens with zero attached hydrogens (tertiary/aromatic N) is 1. The van der Waals surface area contributed by atoms with E-state index in [9.17, 15) is 8.42 Å². The fraction of sp³-hybridized carbons (Fsp3) is 0.600. The van der Waals surface area contributed by atoms with Crippen LogP contribution in [-0.2, 0) is 10.0 Å². The number of hydrogen-bond donors (Lipinski definition) is 1. The van der Waals surface area contributed by atoms with Gasteiger partial charge in [-0.3, -0.25) is 0 Å². The predicted octanol–water partition coefficient (Wildman–Crippen LogP) is 2.70. The fourth-order valence-corrected chi connectivity index (χ4v) is 4.70. The molecule has 1 aromatic rings. The molecule has 1 heterocycles. The third-order valence-corrected chi connectivity index (χ3v) is 6.36. The molecular formula is C15H24N2O2S. The Morgan fingerprint density at radius 1 is 1.10 bits per heavy atom. The van der Waals surface area contributed by atoms with E-state index in [1.54, 1.807) is 16.4 Å². The van der Waals surface area contributed by atoms with Crippen molar-refractivity contribution in [2.45, 2.75) is 45.4 Å². The maximum absolute atomic E-state index is 12.8. The highest BCUT2D eigenvalue weighted by Gasteiger charge is 2.34. The topological polar surface area (TPSA) is 63.4 Å². The Labute approximate surface area is 122 Å². The van der Waals surface area contributed by atoms with E-state index < -0.39 is 10.0 Å².